The van der Waals surface area contributed by atoms with E-state index in [1.54, 1.807) is 158 Å². The predicted molar refractivity (Wildman–Crippen MR) is 518 cm³/mol. The summed E-state index contributed by atoms with van der Waals surface area (Å²) in [4.78, 5) is 69.0. The first-order valence-electron chi connectivity index (χ1n) is 40.3. The molecule has 34 nitrogen and oxygen atoms in total. The first-order valence-corrected chi connectivity index (χ1v) is 41.0. The van der Waals surface area contributed by atoms with Crippen LogP contribution in [-0.2, 0) is 50.6 Å². The molecule has 0 atom stereocenters. The molecular formula is C98H86Cl2FeMnN12NiO22. The van der Waals surface area contributed by atoms with Crippen LogP contribution in [0.2, 0.25) is 10.0 Å². The van der Waals surface area contributed by atoms with Gasteiger partial charge >= 0.3 is 0 Å². The Hall–Kier alpha value is -16.4. The number of para-hydroxylation sites is 8. The molecule has 137 heavy (non-hydrogen) atoms. The molecule has 0 spiro atoms. The summed E-state index contributed by atoms with van der Waals surface area (Å²) in [6, 6.07) is 76.9. The number of rotatable bonds is 26. The molecular weight excluding hydrogens is 1940 g/mol. The van der Waals surface area contributed by atoms with Crippen LogP contribution >= 0.6 is 23.2 Å². The Morgan fingerprint density at radius 1 is 0.277 bits per heavy atom. The van der Waals surface area contributed by atoms with E-state index in [0.717, 1.165) is 61.8 Å². The standard InChI is InChI=1S/2C19H14N2O5.2C17H18ClN3O4.2C13H11NO2.Fe.Mn.Ni/c2*22-18-9-7-16(26-15-4-2-1-3-5-15)10-13(18)12-20-17-8-6-14(21(24)25)11-19(17)23;2*1-3-20(4-2)12-6-5-11(16(22)7-12)10-19-14-8-13(18)15(21(24)25)9-17(14)23;2*15-12-7-3-1-5-10(12)9-14-11-6-2-4-8-13(11)16;;;/h2*1-12,22-23H;2*5-10,22-23H,3-4H2,1-2H3;2*1-9,15-16H;;;. The first kappa shape index (κ1) is 109. The molecule has 0 amide bonds. The SMILES string of the molecule is CCN(CC)c1ccc(C=Nc2cc(Cl)c([N+](=O)[O-])cc2O)c(O)c1.CCN(CC)c1ccc(C=Nc2cc(Cl)c([N+](=O)[O-])cc2O)c(O)c1.O=[N+]([O-])c1ccc(N=Cc2cc(Oc3ccccc3)ccc2O)c(O)c1.O=[N+]([O-])c1ccc(N=Cc2cc(Oc3ccccc3)ccc2O)c(O)c1.Oc1ccccc1C=Nc1ccccc1O.Oc1ccccc1C=Nc1ccccc1O.[Fe].[Mn].[Ni]. The molecule has 14 aromatic carbocycles. The maximum atomic E-state index is 10.8. The second-order valence-corrected chi connectivity index (χ2v) is 28.5. The predicted octanol–water partition coefficient (Wildman–Crippen LogP) is 23.3. The van der Waals surface area contributed by atoms with Crippen molar-refractivity contribution >= 4 is 129 Å². The minimum absolute atomic E-state index is 0. The summed E-state index contributed by atoms with van der Waals surface area (Å²) in [5.74, 6) is 1.53. The van der Waals surface area contributed by atoms with Gasteiger partial charge in [0, 0.05) is 183 Å². The van der Waals surface area contributed by atoms with Crippen molar-refractivity contribution in [3.63, 3.8) is 0 Å². The molecule has 0 bridgehead atoms. The summed E-state index contributed by atoms with van der Waals surface area (Å²) >= 11 is 11.6. The topological polar surface area (TPSA) is 514 Å². The van der Waals surface area contributed by atoms with Crippen LogP contribution in [0, 0.1) is 40.5 Å². The number of aromatic hydroxyl groups is 12. The van der Waals surface area contributed by atoms with Crippen molar-refractivity contribution in [1.82, 2.24) is 0 Å². The van der Waals surface area contributed by atoms with Gasteiger partial charge < -0.3 is 80.6 Å². The largest absolute Gasteiger partial charge is 0.507 e. The number of halogens is 2. The number of hydrogen-bond acceptors (Lipinski definition) is 30. The van der Waals surface area contributed by atoms with Crippen LogP contribution in [-0.4, -0.2) is 144 Å². The van der Waals surface area contributed by atoms with Crippen molar-refractivity contribution in [2.75, 3.05) is 36.0 Å². The normalized spacial score (nSPS) is 10.6. The molecule has 14 aromatic rings. The Balaban J connectivity index is 0.000000254. The fraction of sp³-hybridized carbons (Fsp3) is 0.0816. The molecule has 39 heteroatoms. The van der Waals surface area contributed by atoms with E-state index in [-0.39, 0.29) is 164 Å². The number of benzene rings is 14. The van der Waals surface area contributed by atoms with Gasteiger partial charge in [0.25, 0.3) is 22.7 Å². The number of hydrogen-bond donors (Lipinski definition) is 12. The summed E-state index contributed by atoms with van der Waals surface area (Å²) in [6.07, 6.45) is 8.44. The minimum Gasteiger partial charge on any atom is -0.507 e. The van der Waals surface area contributed by atoms with E-state index in [4.69, 9.17) is 32.7 Å². The van der Waals surface area contributed by atoms with E-state index in [1.807, 2.05) is 88.4 Å². The van der Waals surface area contributed by atoms with Gasteiger partial charge in [0.15, 0.2) is 0 Å². The van der Waals surface area contributed by atoms with Crippen molar-refractivity contribution in [3.05, 3.63) is 375 Å². The van der Waals surface area contributed by atoms with Crippen molar-refractivity contribution in [2.45, 2.75) is 27.7 Å². The number of phenols is 12. The minimum atomic E-state index is -0.687. The zero-order valence-electron chi connectivity index (χ0n) is 72.6. The number of nitro benzene ring substituents is 4. The molecule has 0 heterocycles. The van der Waals surface area contributed by atoms with Crippen LogP contribution in [0.3, 0.4) is 0 Å². The van der Waals surface area contributed by atoms with Crippen molar-refractivity contribution in [3.8, 4) is 92.0 Å². The number of aliphatic imine (C=N–C) groups is 6. The zero-order chi connectivity index (χ0) is 96.9. The number of nitrogens with zero attached hydrogens (tertiary/aromatic N) is 12. The van der Waals surface area contributed by atoms with Gasteiger partial charge in [0.05, 0.1) is 44.0 Å². The Morgan fingerprint density at radius 3 is 0.854 bits per heavy atom. The number of anilines is 2. The van der Waals surface area contributed by atoms with E-state index < -0.39 is 31.1 Å². The molecule has 12 N–H and O–H groups in total. The van der Waals surface area contributed by atoms with Crippen LogP contribution < -0.4 is 19.3 Å². The average Bonchev–Trinajstić information content (AvgIpc) is 0.732. The van der Waals surface area contributed by atoms with E-state index in [1.165, 1.54) is 85.8 Å². The molecule has 1 radical (unpaired) electrons. The van der Waals surface area contributed by atoms with Gasteiger partial charge in [-0.3, -0.25) is 70.4 Å². The van der Waals surface area contributed by atoms with Gasteiger partial charge in [-0.2, -0.15) is 0 Å². The maximum Gasteiger partial charge on any atom is 0.291 e. The van der Waals surface area contributed by atoms with Gasteiger partial charge in [-0.1, -0.05) is 108 Å². The zero-order valence-corrected chi connectivity index (χ0v) is 77.4. The van der Waals surface area contributed by atoms with E-state index in [2.05, 4.69) is 39.8 Å². The second kappa shape index (κ2) is 54.6. The molecule has 0 aromatic heterocycles. The van der Waals surface area contributed by atoms with Crippen molar-refractivity contribution in [2.24, 2.45) is 30.0 Å². The Kier molecular flexibility index (Phi) is 43.6. The van der Waals surface area contributed by atoms with Gasteiger partial charge in [0.2, 0.25) is 0 Å². The first-order chi connectivity index (χ1) is 64.3. The molecule has 0 aliphatic carbocycles. The fourth-order valence-electron chi connectivity index (χ4n) is 11.7. The molecule has 14 rings (SSSR count). The quantitative estimate of drug-likeness (QED) is 0.0104. The average molecular weight is 2020 g/mol. The Morgan fingerprint density at radius 2 is 0.555 bits per heavy atom. The van der Waals surface area contributed by atoms with Gasteiger partial charge in [0.1, 0.15) is 136 Å². The van der Waals surface area contributed by atoms with Crippen LogP contribution in [0.1, 0.15) is 61.1 Å². The summed E-state index contributed by atoms with van der Waals surface area (Å²) in [7, 11) is 0. The summed E-state index contributed by atoms with van der Waals surface area (Å²) in [6.45, 7) is 11.4. The number of phenolic OH excluding ortho intramolecular Hbond substituents is 12. The number of ether oxygens (including phenoxy) is 2. The van der Waals surface area contributed by atoms with Crippen molar-refractivity contribution < 1.29 is 141 Å². The third kappa shape index (κ3) is 33.1. The Labute approximate surface area is 824 Å². The van der Waals surface area contributed by atoms with Crippen LogP contribution in [0.5, 0.6) is 92.0 Å². The molecule has 0 aliphatic rings. The molecule has 0 aliphatic heterocycles. The second-order valence-electron chi connectivity index (χ2n) is 27.7. The van der Waals surface area contributed by atoms with E-state index in [0.29, 0.717) is 67.8 Å². The van der Waals surface area contributed by atoms with Gasteiger partial charge in [-0.05, 0) is 185 Å². The number of non-ortho nitro benzene ring substituents is 2. The number of nitro groups is 4. The molecule has 709 valence electrons. The molecule has 0 unspecified atom stereocenters. The summed E-state index contributed by atoms with van der Waals surface area (Å²) < 4.78 is 11.4. The molecule has 0 fully saturated rings. The van der Waals surface area contributed by atoms with Gasteiger partial charge in [-0.15, -0.1) is 0 Å². The van der Waals surface area contributed by atoms with Crippen LogP contribution in [0.25, 0.3) is 0 Å². The third-order valence-corrected chi connectivity index (χ3v) is 19.4. The third-order valence-electron chi connectivity index (χ3n) is 18.8. The monoisotopic (exact) mass is 2020 g/mol. The molecule has 0 saturated heterocycles. The summed E-state index contributed by atoms with van der Waals surface area (Å²) in [5, 5.41) is 160. The van der Waals surface area contributed by atoms with Crippen LogP contribution in [0.4, 0.5) is 68.2 Å². The molecule has 0 saturated carbocycles. The van der Waals surface area contributed by atoms with Gasteiger partial charge in [-0.25, -0.2) is 0 Å². The van der Waals surface area contributed by atoms with Crippen molar-refractivity contribution in [1.29, 1.82) is 0 Å². The maximum absolute atomic E-state index is 10.8. The van der Waals surface area contributed by atoms with Crippen LogP contribution in [0.15, 0.2) is 321 Å². The smallest absolute Gasteiger partial charge is 0.291 e. The van der Waals surface area contributed by atoms with E-state index >= 15 is 0 Å². The fourth-order valence-corrected chi connectivity index (χ4v) is 12.2. The van der Waals surface area contributed by atoms with E-state index in [9.17, 15) is 102 Å². The summed E-state index contributed by atoms with van der Waals surface area (Å²) in [5.41, 5.74) is 4.77. The Bertz CT molecular complexity index is 6180.